The second-order valence-electron chi connectivity index (χ2n) is 5.99. The van der Waals surface area contributed by atoms with E-state index in [0.717, 1.165) is 10.1 Å². The molecule has 1 aromatic carbocycles. The topological polar surface area (TPSA) is 92.7 Å². The second kappa shape index (κ2) is 7.17. The smallest absolute Gasteiger partial charge is 0.272 e. The van der Waals surface area contributed by atoms with Crippen LogP contribution in [-0.2, 0) is 7.05 Å². The number of aryl methyl sites for hydroxylation is 2. The van der Waals surface area contributed by atoms with E-state index < -0.39 is 0 Å². The van der Waals surface area contributed by atoms with Gasteiger partial charge in [-0.15, -0.1) is 10.2 Å². The zero-order valence-electron chi connectivity index (χ0n) is 15.0. The molecule has 0 radical (unpaired) electrons. The third-order valence-corrected chi connectivity index (χ3v) is 5.07. The van der Waals surface area contributed by atoms with Crippen LogP contribution in [0.2, 0.25) is 0 Å². The number of aromatic nitrogens is 4. The number of anilines is 1. The fourth-order valence-corrected chi connectivity index (χ4v) is 3.54. The van der Waals surface area contributed by atoms with Crippen LogP contribution < -0.4 is 5.32 Å². The standard InChI is InChI=1S/C18H19N5O2S/c1-10-15(12(3)24)11(2)20-16(10)17(25)21-13-5-7-14(8-6-13)26-18-22-19-9-23(18)4/h5-9,20H,1-4H3,(H,21,25). The SMILES string of the molecule is CC(=O)c1c(C)[nH]c(C(=O)Nc2ccc(Sc3nncn3C)cc2)c1C. The van der Waals surface area contributed by atoms with Crippen molar-refractivity contribution in [1.29, 1.82) is 0 Å². The zero-order valence-corrected chi connectivity index (χ0v) is 15.8. The van der Waals surface area contributed by atoms with Gasteiger partial charge in [-0.2, -0.15) is 0 Å². The lowest BCUT2D eigenvalue weighted by molar-refractivity contribution is 0.101. The van der Waals surface area contributed by atoms with E-state index in [4.69, 9.17) is 0 Å². The van der Waals surface area contributed by atoms with Crippen molar-refractivity contribution in [1.82, 2.24) is 19.7 Å². The number of rotatable bonds is 5. The lowest BCUT2D eigenvalue weighted by Gasteiger charge is -2.06. The molecule has 0 aliphatic rings. The molecule has 0 spiro atoms. The molecule has 26 heavy (non-hydrogen) atoms. The highest BCUT2D eigenvalue weighted by Gasteiger charge is 2.19. The molecule has 0 fully saturated rings. The van der Waals surface area contributed by atoms with Crippen molar-refractivity contribution in [3.63, 3.8) is 0 Å². The Bertz CT molecular complexity index is 972. The normalized spacial score (nSPS) is 10.8. The van der Waals surface area contributed by atoms with Crippen molar-refractivity contribution in [2.24, 2.45) is 7.05 Å². The van der Waals surface area contributed by atoms with Crippen molar-refractivity contribution >= 4 is 29.1 Å². The summed E-state index contributed by atoms with van der Waals surface area (Å²) in [5.41, 5.74) is 3.03. The number of Topliss-reactive ketones (excluding diaryl/α,β-unsaturated/α-hetero) is 1. The minimum Gasteiger partial charge on any atom is -0.354 e. The average molecular weight is 369 g/mol. The van der Waals surface area contributed by atoms with Gasteiger partial charge in [0.05, 0.1) is 0 Å². The zero-order chi connectivity index (χ0) is 18.8. The predicted octanol–water partition coefficient (Wildman–Crippen LogP) is 3.37. The Morgan fingerprint density at radius 1 is 1.19 bits per heavy atom. The number of nitrogens with zero attached hydrogens (tertiary/aromatic N) is 3. The average Bonchev–Trinajstić information content (AvgIpc) is 3.12. The first-order valence-corrected chi connectivity index (χ1v) is 8.82. The Labute approximate surface area is 155 Å². The molecule has 7 nitrogen and oxygen atoms in total. The lowest BCUT2D eigenvalue weighted by Crippen LogP contribution is -2.13. The number of hydrogen-bond acceptors (Lipinski definition) is 5. The number of ketones is 1. The van der Waals surface area contributed by atoms with Gasteiger partial charge in [-0.25, -0.2) is 0 Å². The van der Waals surface area contributed by atoms with Crippen LogP contribution in [-0.4, -0.2) is 31.4 Å². The van der Waals surface area contributed by atoms with Gasteiger partial charge in [0.25, 0.3) is 5.91 Å². The number of amides is 1. The first kappa shape index (κ1) is 17.9. The van der Waals surface area contributed by atoms with Gasteiger partial charge in [0.15, 0.2) is 10.9 Å². The highest BCUT2D eigenvalue weighted by molar-refractivity contribution is 7.99. The minimum absolute atomic E-state index is 0.0551. The van der Waals surface area contributed by atoms with E-state index in [1.165, 1.54) is 18.7 Å². The number of carbonyl (C=O) groups is 2. The summed E-state index contributed by atoms with van der Waals surface area (Å²) in [5, 5.41) is 11.5. The van der Waals surface area contributed by atoms with E-state index in [-0.39, 0.29) is 11.7 Å². The molecule has 0 bridgehead atoms. The molecule has 134 valence electrons. The van der Waals surface area contributed by atoms with Gasteiger partial charge in [-0.3, -0.25) is 9.59 Å². The third kappa shape index (κ3) is 3.55. The molecule has 0 saturated carbocycles. The van der Waals surface area contributed by atoms with Crippen LogP contribution in [0, 0.1) is 13.8 Å². The summed E-state index contributed by atoms with van der Waals surface area (Å²) >= 11 is 1.49. The van der Waals surface area contributed by atoms with Gasteiger partial charge in [0, 0.05) is 28.9 Å². The summed E-state index contributed by atoms with van der Waals surface area (Å²) in [5.74, 6) is -0.327. The highest BCUT2D eigenvalue weighted by Crippen LogP contribution is 2.26. The van der Waals surface area contributed by atoms with Gasteiger partial charge in [0.2, 0.25) is 0 Å². The van der Waals surface area contributed by atoms with Gasteiger partial charge < -0.3 is 14.9 Å². The molecular formula is C18H19N5O2S. The molecule has 3 rings (SSSR count). The van der Waals surface area contributed by atoms with Crippen LogP contribution in [0.1, 0.15) is 39.0 Å². The molecule has 0 atom stereocenters. The number of nitrogens with one attached hydrogen (secondary N) is 2. The predicted molar refractivity (Wildman–Crippen MR) is 99.8 cm³/mol. The Kier molecular flexibility index (Phi) is 4.94. The van der Waals surface area contributed by atoms with Crippen LogP contribution in [0.4, 0.5) is 5.69 Å². The van der Waals surface area contributed by atoms with Crippen molar-refractivity contribution < 1.29 is 9.59 Å². The van der Waals surface area contributed by atoms with Crippen molar-refractivity contribution in [3.8, 4) is 0 Å². The molecule has 0 saturated heterocycles. The van der Waals surface area contributed by atoms with E-state index >= 15 is 0 Å². The van der Waals surface area contributed by atoms with Crippen LogP contribution >= 0.6 is 11.8 Å². The van der Waals surface area contributed by atoms with Gasteiger partial charge in [-0.05, 0) is 62.4 Å². The molecule has 0 unspecified atom stereocenters. The van der Waals surface area contributed by atoms with Gasteiger partial charge in [0.1, 0.15) is 12.0 Å². The van der Waals surface area contributed by atoms with E-state index in [2.05, 4.69) is 20.5 Å². The summed E-state index contributed by atoms with van der Waals surface area (Å²) in [6.45, 7) is 5.06. The maximum atomic E-state index is 12.5. The van der Waals surface area contributed by atoms with Crippen LogP contribution in [0.25, 0.3) is 0 Å². The molecule has 0 aliphatic heterocycles. The van der Waals surface area contributed by atoms with Crippen molar-refractivity contribution in [2.45, 2.75) is 30.8 Å². The summed E-state index contributed by atoms with van der Waals surface area (Å²) < 4.78 is 1.84. The quantitative estimate of drug-likeness (QED) is 0.673. The Balaban J connectivity index is 1.73. The third-order valence-electron chi connectivity index (χ3n) is 4.01. The lowest BCUT2D eigenvalue weighted by atomic mass is 10.1. The number of benzene rings is 1. The summed E-state index contributed by atoms with van der Waals surface area (Å²) in [7, 11) is 1.88. The molecule has 3 aromatic rings. The van der Waals surface area contributed by atoms with Crippen LogP contribution in [0.5, 0.6) is 0 Å². The summed E-state index contributed by atoms with van der Waals surface area (Å²) in [6, 6.07) is 7.47. The maximum Gasteiger partial charge on any atom is 0.272 e. The minimum atomic E-state index is -0.271. The number of carbonyl (C=O) groups excluding carboxylic acids is 2. The Hall–Kier alpha value is -2.87. The Morgan fingerprint density at radius 2 is 1.88 bits per heavy atom. The molecule has 2 heterocycles. The van der Waals surface area contributed by atoms with Crippen LogP contribution in [0.15, 0.2) is 40.6 Å². The largest absolute Gasteiger partial charge is 0.354 e. The maximum absolute atomic E-state index is 12.5. The second-order valence-corrected chi connectivity index (χ2v) is 7.03. The van der Waals surface area contributed by atoms with Gasteiger partial charge >= 0.3 is 0 Å². The van der Waals surface area contributed by atoms with Crippen LogP contribution in [0.3, 0.4) is 0 Å². The first-order valence-electron chi connectivity index (χ1n) is 8.00. The number of aromatic amines is 1. The Morgan fingerprint density at radius 3 is 2.42 bits per heavy atom. The van der Waals surface area contributed by atoms with E-state index in [1.807, 2.05) is 35.9 Å². The fraction of sp³-hybridized carbons (Fsp3) is 0.222. The monoisotopic (exact) mass is 369 g/mol. The van der Waals surface area contributed by atoms with Crippen molar-refractivity contribution in [3.05, 3.63) is 53.1 Å². The first-order chi connectivity index (χ1) is 12.4. The fourth-order valence-electron chi connectivity index (χ4n) is 2.78. The molecule has 8 heteroatoms. The highest BCUT2D eigenvalue weighted by atomic mass is 32.2. The van der Waals surface area contributed by atoms with Gasteiger partial charge in [-0.1, -0.05) is 0 Å². The van der Waals surface area contributed by atoms with Crippen molar-refractivity contribution in [2.75, 3.05) is 5.32 Å². The number of H-pyrrole nitrogens is 1. The summed E-state index contributed by atoms with van der Waals surface area (Å²) in [6.07, 6.45) is 1.65. The molecule has 0 aliphatic carbocycles. The molecule has 2 N–H and O–H groups in total. The molecule has 2 aromatic heterocycles. The van der Waals surface area contributed by atoms with E-state index in [1.54, 1.807) is 20.2 Å². The van der Waals surface area contributed by atoms with E-state index in [9.17, 15) is 9.59 Å². The van der Waals surface area contributed by atoms with E-state index in [0.29, 0.717) is 28.2 Å². The molecule has 1 amide bonds. The summed E-state index contributed by atoms with van der Waals surface area (Å²) in [4.78, 5) is 28.2. The number of hydrogen-bond donors (Lipinski definition) is 2. The molecular weight excluding hydrogens is 350 g/mol.